The van der Waals surface area contributed by atoms with Gasteiger partial charge in [0.1, 0.15) is 11.6 Å². The number of hydrogen-bond donors (Lipinski definition) is 0. The van der Waals surface area contributed by atoms with Gasteiger partial charge in [-0.2, -0.15) is 0 Å². The third-order valence-corrected chi connectivity index (χ3v) is 5.23. The normalized spacial score (nSPS) is 21.9. The minimum atomic E-state index is 0.582. The van der Waals surface area contributed by atoms with Gasteiger partial charge in [0.05, 0.1) is 0 Å². The van der Waals surface area contributed by atoms with Crippen molar-refractivity contribution in [3.8, 4) is 0 Å². The number of piperazine rings is 1. The van der Waals surface area contributed by atoms with Gasteiger partial charge in [-0.15, -0.1) is 0 Å². The van der Waals surface area contributed by atoms with Gasteiger partial charge >= 0.3 is 0 Å². The summed E-state index contributed by atoms with van der Waals surface area (Å²) in [6.07, 6.45) is 5.62. The Kier molecular flexibility index (Phi) is 4.48. The number of rotatable bonds is 5. The molecule has 0 spiro atoms. The van der Waals surface area contributed by atoms with Gasteiger partial charge in [0.15, 0.2) is 0 Å². The van der Waals surface area contributed by atoms with Crippen molar-refractivity contribution in [3.05, 3.63) is 54.0 Å². The summed E-state index contributed by atoms with van der Waals surface area (Å²) < 4.78 is 0. The van der Waals surface area contributed by atoms with Crippen molar-refractivity contribution in [1.82, 2.24) is 14.9 Å². The van der Waals surface area contributed by atoms with Gasteiger partial charge in [0, 0.05) is 44.3 Å². The van der Waals surface area contributed by atoms with Gasteiger partial charge in [-0.3, -0.25) is 4.90 Å². The molecule has 126 valence electrons. The molecule has 2 heterocycles. The Morgan fingerprint density at radius 3 is 2.67 bits per heavy atom. The molecule has 1 saturated carbocycles. The van der Waals surface area contributed by atoms with E-state index in [2.05, 4.69) is 58.1 Å². The molecule has 1 aliphatic carbocycles. The fraction of sp³-hybridized carbons (Fsp3) is 0.500. The van der Waals surface area contributed by atoms with Crippen LogP contribution in [-0.2, 0) is 6.54 Å². The number of hydrogen-bond acceptors (Lipinski definition) is 4. The molecule has 1 aromatic carbocycles. The van der Waals surface area contributed by atoms with E-state index in [4.69, 9.17) is 4.98 Å². The summed E-state index contributed by atoms with van der Waals surface area (Å²) in [4.78, 5) is 14.4. The highest BCUT2D eigenvalue weighted by Crippen LogP contribution is 2.38. The summed E-state index contributed by atoms with van der Waals surface area (Å²) in [6, 6.07) is 13.5. The third kappa shape index (κ3) is 3.44. The second-order valence-electron chi connectivity index (χ2n) is 7.01. The number of benzene rings is 1. The maximum Gasteiger partial charge on any atom is 0.133 e. The van der Waals surface area contributed by atoms with Crippen molar-refractivity contribution in [2.24, 2.45) is 0 Å². The molecule has 1 saturated heterocycles. The second kappa shape index (κ2) is 6.89. The van der Waals surface area contributed by atoms with E-state index < -0.39 is 0 Å². The van der Waals surface area contributed by atoms with Crippen LogP contribution < -0.4 is 4.90 Å². The summed E-state index contributed by atoms with van der Waals surface area (Å²) >= 11 is 0. The Hall–Kier alpha value is -1.94. The first-order valence-electron chi connectivity index (χ1n) is 9.19. The highest BCUT2D eigenvalue weighted by Gasteiger charge is 2.29. The van der Waals surface area contributed by atoms with Crippen molar-refractivity contribution >= 4 is 5.82 Å². The van der Waals surface area contributed by atoms with E-state index in [1.54, 1.807) is 0 Å². The summed E-state index contributed by atoms with van der Waals surface area (Å²) in [7, 11) is 0. The van der Waals surface area contributed by atoms with Crippen LogP contribution in [0.15, 0.2) is 42.6 Å². The van der Waals surface area contributed by atoms with E-state index in [0.29, 0.717) is 12.0 Å². The Morgan fingerprint density at radius 2 is 1.92 bits per heavy atom. The second-order valence-corrected chi connectivity index (χ2v) is 7.01. The van der Waals surface area contributed by atoms with Crippen LogP contribution >= 0.6 is 0 Å². The van der Waals surface area contributed by atoms with Crippen LogP contribution in [0.4, 0.5) is 5.82 Å². The summed E-state index contributed by atoms with van der Waals surface area (Å²) in [5.74, 6) is 2.78. The molecular formula is C20H26N4. The molecule has 1 aliphatic heterocycles. The Bertz CT molecular complexity index is 668. The quantitative estimate of drug-likeness (QED) is 0.844. The largest absolute Gasteiger partial charge is 0.354 e. The zero-order valence-corrected chi connectivity index (χ0v) is 14.4. The summed E-state index contributed by atoms with van der Waals surface area (Å²) in [5, 5.41) is 0. The average molecular weight is 322 g/mol. The molecule has 0 radical (unpaired) electrons. The molecular weight excluding hydrogens is 296 g/mol. The van der Waals surface area contributed by atoms with Crippen LogP contribution in [0.2, 0.25) is 0 Å². The van der Waals surface area contributed by atoms with Crippen molar-refractivity contribution in [2.75, 3.05) is 24.5 Å². The van der Waals surface area contributed by atoms with Gasteiger partial charge in [0.25, 0.3) is 0 Å². The van der Waals surface area contributed by atoms with Gasteiger partial charge in [0.2, 0.25) is 0 Å². The molecule has 2 fully saturated rings. The van der Waals surface area contributed by atoms with Crippen LogP contribution in [-0.4, -0.2) is 40.5 Å². The van der Waals surface area contributed by atoms with E-state index in [1.807, 2.05) is 6.20 Å². The Labute approximate surface area is 144 Å². The molecule has 1 atom stereocenters. The standard InChI is InChI=1S/C20H26N4/c1-2-18-15-24(19-10-11-21-20(22-19)17-8-9-17)13-12-23(18)14-16-6-4-3-5-7-16/h3-7,10-11,17-18H,2,8-9,12-15H2,1H3. The minimum absolute atomic E-state index is 0.582. The molecule has 4 nitrogen and oxygen atoms in total. The fourth-order valence-corrected chi connectivity index (χ4v) is 3.59. The number of anilines is 1. The fourth-order valence-electron chi connectivity index (χ4n) is 3.59. The van der Waals surface area contributed by atoms with Gasteiger partial charge < -0.3 is 4.90 Å². The molecule has 1 aromatic heterocycles. The highest BCUT2D eigenvalue weighted by molar-refractivity contribution is 5.39. The van der Waals surface area contributed by atoms with Gasteiger partial charge in [-0.05, 0) is 30.9 Å². The molecule has 4 rings (SSSR count). The smallest absolute Gasteiger partial charge is 0.133 e. The van der Waals surface area contributed by atoms with Crippen LogP contribution in [0.25, 0.3) is 0 Å². The maximum absolute atomic E-state index is 4.83. The molecule has 0 N–H and O–H groups in total. The molecule has 24 heavy (non-hydrogen) atoms. The molecule has 1 unspecified atom stereocenters. The van der Waals surface area contributed by atoms with Crippen molar-refractivity contribution in [2.45, 2.75) is 44.7 Å². The van der Waals surface area contributed by atoms with Crippen LogP contribution in [0, 0.1) is 0 Å². The van der Waals surface area contributed by atoms with E-state index >= 15 is 0 Å². The minimum Gasteiger partial charge on any atom is -0.354 e. The summed E-state index contributed by atoms with van der Waals surface area (Å²) in [6.45, 7) is 6.54. The molecule has 0 amide bonds. The van der Waals surface area contributed by atoms with Gasteiger partial charge in [-0.25, -0.2) is 9.97 Å². The van der Waals surface area contributed by atoms with Gasteiger partial charge in [-0.1, -0.05) is 37.3 Å². The zero-order valence-electron chi connectivity index (χ0n) is 14.4. The van der Waals surface area contributed by atoms with E-state index in [-0.39, 0.29) is 0 Å². The van der Waals surface area contributed by atoms with E-state index in [9.17, 15) is 0 Å². The van der Waals surface area contributed by atoms with E-state index in [0.717, 1.165) is 37.8 Å². The predicted molar refractivity (Wildman–Crippen MR) is 97.2 cm³/mol. The molecule has 2 aromatic rings. The third-order valence-electron chi connectivity index (χ3n) is 5.23. The van der Waals surface area contributed by atoms with Crippen LogP contribution in [0.3, 0.4) is 0 Å². The number of aromatic nitrogens is 2. The molecule has 0 bridgehead atoms. The average Bonchev–Trinajstić information content (AvgIpc) is 3.48. The lowest BCUT2D eigenvalue weighted by Gasteiger charge is -2.41. The monoisotopic (exact) mass is 322 g/mol. The van der Waals surface area contributed by atoms with Crippen molar-refractivity contribution in [3.63, 3.8) is 0 Å². The zero-order chi connectivity index (χ0) is 16.4. The Balaban J connectivity index is 1.44. The van der Waals surface area contributed by atoms with Crippen molar-refractivity contribution in [1.29, 1.82) is 0 Å². The first kappa shape index (κ1) is 15.6. The number of nitrogens with zero attached hydrogens (tertiary/aromatic N) is 4. The lowest BCUT2D eigenvalue weighted by Crippen LogP contribution is -2.52. The summed E-state index contributed by atoms with van der Waals surface area (Å²) in [5.41, 5.74) is 1.41. The highest BCUT2D eigenvalue weighted by atomic mass is 15.3. The topological polar surface area (TPSA) is 32.3 Å². The Morgan fingerprint density at radius 1 is 1.08 bits per heavy atom. The SMILES string of the molecule is CCC1CN(c2ccnc(C3CC3)n2)CCN1Cc1ccccc1. The van der Waals surface area contributed by atoms with Crippen molar-refractivity contribution < 1.29 is 0 Å². The van der Waals surface area contributed by atoms with Crippen LogP contribution in [0.5, 0.6) is 0 Å². The lowest BCUT2D eigenvalue weighted by molar-refractivity contribution is 0.163. The predicted octanol–water partition coefficient (Wildman–Crippen LogP) is 3.45. The molecule has 2 aliphatic rings. The van der Waals surface area contributed by atoms with Crippen LogP contribution in [0.1, 0.15) is 43.5 Å². The lowest BCUT2D eigenvalue weighted by atomic mass is 10.1. The first-order chi connectivity index (χ1) is 11.8. The maximum atomic E-state index is 4.83. The first-order valence-corrected chi connectivity index (χ1v) is 9.19. The molecule has 4 heteroatoms. The van der Waals surface area contributed by atoms with E-state index in [1.165, 1.54) is 24.8 Å².